The molecule has 5 aliphatic rings. The summed E-state index contributed by atoms with van der Waals surface area (Å²) in [6, 6.07) is 16.1. The van der Waals surface area contributed by atoms with E-state index in [0.717, 1.165) is 39.9 Å². The standard InChI is InChI=1S/C59H65N9O13/c1-7-19-80-57(74)65-51(33(2)3)53(70)63-34(4)52(69)64-38-12-9-35(10-13-38)31-81-58(75)68-45-27-50(48(77-6)25-41(45)55(72)67-32-59(15-16-59)28-46(67)56(68)73)79-21-8-20-78-49-26-43-40(24-47(49)76-5)54(71)66-30-37(22-39(66)29-62-43)36-11-14-42-44(23-36)61-18-17-60-42/h7,9-14,17-18,23-27,30,33-34,39,46,51,56,62,73H,1,8,15-16,19-22,28-29,31-32H2,2-6H3,(H,63,70)(H,64,69)(H,65,74)/t34-,39-,46-,51-,56?/m0/s1. The van der Waals surface area contributed by atoms with Crippen LogP contribution in [0, 0.1) is 11.3 Å². The molecule has 1 saturated carbocycles. The van der Waals surface area contributed by atoms with E-state index in [4.69, 9.17) is 28.4 Å². The number of amides is 6. The van der Waals surface area contributed by atoms with Gasteiger partial charge in [0.1, 0.15) is 25.3 Å². The van der Waals surface area contributed by atoms with Crippen LogP contribution in [0.3, 0.4) is 0 Å². The topological polar surface area (TPSA) is 262 Å². The number of ether oxygens (including phenoxy) is 6. The van der Waals surface area contributed by atoms with Gasteiger partial charge < -0.3 is 64.6 Å². The Hall–Kier alpha value is -8.92. The molecule has 81 heavy (non-hydrogen) atoms. The molecule has 6 amide bonds. The number of carbonyl (C=O) groups excluding carboxylic acids is 6. The number of fused-ring (bicyclic) bond motifs is 5. The minimum absolute atomic E-state index is 0.0307. The average molecular weight is 1110 g/mol. The molecule has 0 radical (unpaired) electrons. The summed E-state index contributed by atoms with van der Waals surface area (Å²) in [7, 11) is 2.96. The van der Waals surface area contributed by atoms with Crippen LogP contribution in [0.4, 0.5) is 26.7 Å². The molecule has 22 heteroatoms. The van der Waals surface area contributed by atoms with E-state index in [9.17, 15) is 33.9 Å². The summed E-state index contributed by atoms with van der Waals surface area (Å²) in [6.07, 6.45) is 6.81. The molecule has 5 aromatic rings. The molecular weight excluding hydrogens is 1040 g/mol. The fourth-order valence-corrected chi connectivity index (χ4v) is 10.7. The van der Waals surface area contributed by atoms with Crippen molar-refractivity contribution in [2.24, 2.45) is 11.3 Å². The third-order valence-corrected chi connectivity index (χ3v) is 15.3. The predicted molar refractivity (Wildman–Crippen MR) is 298 cm³/mol. The number of nitrogens with zero attached hydrogens (tertiary/aromatic N) is 5. The Morgan fingerprint density at radius 1 is 0.840 bits per heavy atom. The van der Waals surface area contributed by atoms with E-state index in [0.29, 0.717) is 66.4 Å². The number of nitrogens with one attached hydrogen (secondary N) is 4. The first kappa shape index (κ1) is 55.4. The molecule has 1 unspecified atom stereocenters. The molecule has 1 aliphatic carbocycles. The Morgan fingerprint density at radius 3 is 2.23 bits per heavy atom. The maximum atomic E-state index is 14.4. The quantitative estimate of drug-likeness (QED) is 0.0411. The Morgan fingerprint density at radius 2 is 1.54 bits per heavy atom. The van der Waals surface area contributed by atoms with E-state index in [1.165, 1.54) is 39.4 Å². The van der Waals surface area contributed by atoms with Crippen LogP contribution in [-0.4, -0.2) is 138 Å². The molecule has 5 N–H and O–H groups in total. The second-order valence-electron chi connectivity index (χ2n) is 21.2. The lowest BCUT2D eigenvalue weighted by Gasteiger charge is -2.31. The lowest BCUT2D eigenvalue weighted by Crippen LogP contribution is -2.53. The SMILES string of the molecule is C=CCOC(=O)N[C@H](C(=O)N[C@@H](C)C(=O)Nc1ccc(COC(=O)N2c3cc(OCCCOc4cc5c(cc4OC)C(=O)N4C=C(c6ccc7nccnc7c6)C[C@H]4CN5)c(OC)cc3C(=O)N3CC4(CC4)C[C@H]3C2O)cc1)C(C)C. The molecule has 4 aliphatic heterocycles. The van der Waals surface area contributed by atoms with Gasteiger partial charge in [-0.1, -0.05) is 44.7 Å². The zero-order valence-electron chi connectivity index (χ0n) is 45.7. The van der Waals surface area contributed by atoms with E-state index in [1.807, 2.05) is 24.4 Å². The van der Waals surface area contributed by atoms with Gasteiger partial charge in [0.15, 0.2) is 29.2 Å². The first-order valence-corrected chi connectivity index (χ1v) is 26.9. The van der Waals surface area contributed by atoms with E-state index < -0.39 is 48.4 Å². The molecule has 1 aromatic heterocycles. The normalized spacial score (nSPS) is 19.1. The smallest absolute Gasteiger partial charge is 0.416 e. The lowest BCUT2D eigenvalue weighted by molar-refractivity contribution is -0.128. The first-order valence-electron chi connectivity index (χ1n) is 26.9. The highest BCUT2D eigenvalue weighted by Crippen LogP contribution is 2.57. The zero-order chi connectivity index (χ0) is 57.1. The van der Waals surface area contributed by atoms with E-state index in [1.54, 1.807) is 72.4 Å². The molecule has 424 valence electrons. The number of rotatable bonds is 19. The summed E-state index contributed by atoms with van der Waals surface area (Å²) < 4.78 is 34.8. The van der Waals surface area contributed by atoms with Gasteiger partial charge >= 0.3 is 12.2 Å². The summed E-state index contributed by atoms with van der Waals surface area (Å²) in [5, 5.41) is 23.5. The van der Waals surface area contributed by atoms with Crippen molar-refractivity contribution in [2.45, 2.75) is 89.9 Å². The Kier molecular flexibility index (Phi) is 16.0. The average Bonchev–Trinajstić information content (AvgIpc) is 3.04. The molecule has 5 atom stereocenters. The molecular formula is C59H65N9O13. The number of hydrogen-bond acceptors (Lipinski definition) is 16. The largest absolute Gasteiger partial charge is 0.493 e. The van der Waals surface area contributed by atoms with Crippen LogP contribution in [0.2, 0.25) is 0 Å². The van der Waals surface area contributed by atoms with Crippen molar-refractivity contribution < 1.29 is 62.3 Å². The number of hydrogen-bond donors (Lipinski definition) is 5. The summed E-state index contributed by atoms with van der Waals surface area (Å²) in [5.74, 6) is -0.671. The Labute approximate surface area is 467 Å². The summed E-state index contributed by atoms with van der Waals surface area (Å²) in [5.41, 5.74) is 5.69. The summed E-state index contributed by atoms with van der Waals surface area (Å²) in [6.45, 7) is 9.47. The molecule has 4 aromatic carbocycles. The van der Waals surface area contributed by atoms with Gasteiger partial charge in [0.2, 0.25) is 11.8 Å². The second-order valence-corrected chi connectivity index (χ2v) is 21.2. The van der Waals surface area contributed by atoms with Crippen LogP contribution in [0.25, 0.3) is 16.6 Å². The highest BCUT2D eigenvalue weighted by Gasteiger charge is 2.58. The Balaban J connectivity index is 0.779. The fraction of sp³-hybridized carbons (Fsp3) is 0.390. The molecule has 1 saturated heterocycles. The zero-order valence-corrected chi connectivity index (χ0v) is 45.7. The fourth-order valence-electron chi connectivity index (χ4n) is 10.7. The second kappa shape index (κ2) is 23.4. The number of aliphatic hydroxyl groups is 1. The van der Waals surface area contributed by atoms with Crippen molar-refractivity contribution in [1.29, 1.82) is 0 Å². The monoisotopic (exact) mass is 1110 g/mol. The molecule has 0 bridgehead atoms. The van der Waals surface area contributed by atoms with Crippen molar-refractivity contribution in [3.05, 3.63) is 120 Å². The van der Waals surface area contributed by atoms with Crippen LogP contribution in [0.5, 0.6) is 23.0 Å². The molecule has 22 nitrogen and oxygen atoms in total. The van der Waals surface area contributed by atoms with Gasteiger partial charge in [0.25, 0.3) is 11.8 Å². The number of anilines is 3. The number of alkyl carbamates (subject to hydrolysis) is 1. The van der Waals surface area contributed by atoms with Gasteiger partial charge in [-0.3, -0.25) is 29.1 Å². The minimum atomic E-state index is -1.47. The van der Waals surface area contributed by atoms with Gasteiger partial charge in [-0.05, 0) is 97.0 Å². The Bertz CT molecular complexity index is 3310. The third-order valence-electron chi connectivity index (χ3n) is 15.3. The van der Waals surface area contributed by atoms with Gasteiger partial charge in [0.05, 0.1) is 73.1 Å². The van der Waals surface area contributed by atoms with E-state index in [2.05, 4.69) is 37.8 Å². The minimum Gasteiger partial charge on any atom is -0.493 e. The highest BCUT2D eigenvalue weighted by atomic mass is 16.6. The number of methoxy groups -OCH3 is 2. The summed E-state index contributed by atoms with van der Waals surface area (Å²) in [4.78, 5) is 94.5. The number of carbonyl (C=O) groups is 6. The summed E-state index contributed by atoms with van der Waals surface area (Å²) >= 11 is 0. The van der Waals surface area contributed by atoms with Crippen molar-refractivity contribution in [2.75, 3.05) is 62.7 Å². The van der Waals surface area contributed by atoms with Crippen molar-refractivity contribution in [1.82, 2.24) is 30.4 Å². The maximum absolute atomic E-state index is 14.4. The first-order chi connectivity index (χ1) is 39.1. The predicted octanol–water partition coefficient (Wildman–Crippen LogP) is 7.03. The third kappa shape index (κ3) is 11.7. The van der Waals surface area contributed by atoms with Gasteiger partial charge in [0, 0.05) is 55.9 Å². The van der Waals surface area contributed by atoms with Gasteiger partial charge in [-0.25, -0.2) is 14.5 Å². The van der Waals surface area contributed by atoms with Crippen molar-refractivity contribution >= 4 is 69.5 Å². The number of aromatic nitrogens is 2. The van der Waals surface area contributed by atoms with Gasteiger partial charge in [-0.2, -0.15) is 0 Å². The van der Waals surface area contributed by atoms with E-state index in [-0.39, 0.29) is 78.4 Å². The molecule has 5 heterocycles. The van der Waals surface area contributed by atoms with Crippen LogP contribution in [-0.2, 0) is 25.7 Å². The van der Waals surface area contributed by atoms with Gasteiger partial charge in [-0.15, -0.1) is 0 Å². The number of benzene rings is 4. The van der Waals surface area contributed by atoms with Crippen LogP contribution < -0.4 is 45.1 Å². The lowest BCUT2D eigenvalue weighted by atomic mass is 10.0. The number of aliphatic hydroxyl groups excluding tert-OH is 1. The van der Waals surface area contributed by atoms with Crippen LogP contribution in [0.15, 0.2) is 98.0 Å². The maximum Gasteiger partial charge on any atom is 0.416 e. The highest BCUT2D eigenvalue weighted by molar-refractivity contribution is 6.06. The van der Waals surface area contributed by atoms with Crippen LogP contribution >= 0.6 is 0 Å². The molecule has 2 fully saturated rings. The van der Waals surface area contributed by atoms with Crippen molar-refractivity contribution in [3.8, 4) is 23.0 Å². The van der Waals surface area contributed by atoms with Crippen LogP contribution in [0.1, 0.15) is 84.7 Å². The molecule has 1 spiro atoms. The molecule has 10 rings (SSSR count). The van der Waals surface area contributed by atoms with E-state index >= 15 is 0 Å². The van der Waals surface area contributed by atoms with Crippen molar-refractivity contribution in [3.63, 3.8) is 0 Å².